The molecule has 1 heterocycles. The van der Waals surface area contributed by atoms with Crippen LogP contribution < -0.4 is 27.4 Å². The standard InChI is InChI=1S/C25H38N6O6S/c1-13(32)19(23(35)31-20(24(36)37)25(2,3)38)30-22(34)18(9-6-10-26)29-21(33)16(27)11-14-12-28-17-8-5-4-7-15(14)17/h4-5,7-8,12-13,16,18-20,28,32,38H,6,9-11,26-27H2,1-3H3,(H,29,33)(H,30,34)(H,31,35)(H,36,37)/t13-,16+,18+,19+,20-/m1/s1. The van der Waals surface area contributed by atoms with Crippen LogP contribution in [-0.4, -0.2) is 80.5 Å². The van der Waals surface area contributed by atoms with Crippen molar-refractivity contribution < 1.29 is 29.4 Å². The normalized spacial score (nSPS) is 15.7. The van der Waals surface area contributed by atoms with Crippen LogP contribution in [0.1, 0.15) is 39.2 Å². The average Bonchev–Trinajstić information content (AvgIpc) is 3.24. The molecule has 2 aromatic rings. The molecule has 1 aromatic carbocycles. The number of nitrogens with two attached hydrogens (primary N) is 2. The van der Waals surface area contributed by atoms with Crippen molar-refractivity contribution in [3.8, 4) is 0 Å². The fourth-order valence-electron chi connectivity index (χ4n) is 3.93. The van der Waals surface area contributed by atoms with Crippen molar-refractivity contribution >= 4 is 47.2 Å². The van der Waals surface area contributed by atoms with Crippen LogP contribution in [0, 0.1) is 0 Å². The molecule has 0 bridgehead atoms. The first kappa shape index (κ1) is 31.1. The molecule has 0 aliphatic heterocycles. The van der Waals surface area contributed by atoms with Gasteiger partial charge >= 0.3 is 5.97 Å². The van der Waals surface area contributed by atoms with Gasteiger partial charge in [0.15, 0.2) is 0 Å². The molecule has 0 aliphatic rings. The summed E-state index contributed by atoms with van der Waals surface area (Å²) in [5.74, 6) is -3.56. The number of carboxylic acids is 1. The predicted octanol–water partition coefficient (Wildman–Crippen LogP) is -0.595. The number of aromatic nitrogens is 1. The second kappa shape index (κ2) is 13.6. The smallest absolute Gasteiger partial charge is 0.327 e. The molecule has 5 atom stereocenters. The number of carbonyl (C=O) groups is 4. The molecule has 0 spiro atoms. The number of H-pyrrole nitrogens is 1. The van der Waals surface area contributed by atoms with Gasteiger partial charge < -0.3 is 42.6 Å². The topological polar surface area (TPSA) is 213 Å². The van der Waals surface area contributed by atoms with E-state index in [4.69, 9.17) is 11.5 Å². The summed E-state index contributed by atoms with van der Waals surface area (Å²) in [6.45, 7) is 4.53. The molecule has 210 valence electrons. The lowest BCUT2D eigenvalue weighted by Gasteiger charge is -2.30. The van der Waals surface area contributed by atoms with Crippen molar-refractivity contribution in [3.63, 3.8) is 0 Å². The first-order valence-corrected chi connectivity index (χ1v) is 12.8. The third kappa shape index (κ3) is 8.45. The highest BCUT2D eigenvalue weighted by atomic mass is 32.1. The molecular formula is C25H38N6O6S. The number of benzene rings is 1. The van der Waals surface area contributed by atoms with Crippen molar-refractivity contribution in [1.82, 2.24) is 20.9 Å². The number of aliphatic hydroxyl groups is 1. The lowest BCUT2D eigenvalue weighted by atomic mass is 10.0. The van der Waals surface area contributed by atoms with Crippen molar-refractivity contribution in [1.29, 1.82) is 0 Å². The van der Waals surface area contributed by atoms with E-state index >= 15 is 0 Å². The maximum Gasteiger partial charge on any atom is 0.327 e. The molecule has 10 N–H and O–H groups in total. The van der Waals surface area contributed by atoms with Gasteiger partial charge in [-0.1, -0.05) is 18.2 Å². The minimum atomic E-state index is -1.49. The van der Waals surface area contributed by atoms with Crippen LogP contribution in [0.25, 0.3) is 10.9 Å². The molecule has 13 heteroatoms. The summed E-state index contributed by atoms with van der Waals surface area (Å²) in [6, 6.07) is 2.64. The third-order valence-corrected chi connectivity index (χ3v) is 6.34. The average molecular weight is 551 g/mol. The lowest BCUT2D eigenvalue weighted by molar-refractivity contribution is -0.143. The Morgan fingerprint density at radius 1 is 1.08 bits per heavy atom. The minimum absolute atomic E-state index is 0.156. The SMILES string of the molecule is C[C@@H](O)[C@H](NC(=O)[C@H](CCCN)NC(=O)[C@@H](N)Cc1c[nH]c2ccccc12)C(=O)N[C@H](C(=O)O)C(C)(C)S. The van der Waals surface area contributed by atoms with E-state index in [1.165, 1.54) is 20.8 Å². The number of aromatic amines is 1. The summed E-state index contributed by atoms with van der Waals surface area (Å²) < 4.78 is -1.13. The van der Waals surface area contributed by atoms with E-state index in [-0.39, 0.29) is 19.4 Å². The second-order valence-corrected chi connectivity index (χ2v) is 11.0. The number of fused-ring (bicyclic) bond motifs is 1. The maximum absolute atomic E-state index is 13.1. The number of nitrogens with one attached hydrogen (secondary N) is 4. The van der Waals surface area contributed by atoms with Gasteiger partial charge in [-0.2, -0.15) is 12.6 Å². The highest BCUT2D eigenvalue weighted by molar-refractivity contribution is 7.81. The van der Waals surface area contributed by atoms with Crippen LogP contribution in [0.4, 0.5) is 0 Å². The van der Waals surface area contributed by atoms with E-state index in [1.807, 2.05) is 24.3 Å². The maximum atomic E-state index is 13.1. The zero-order chi connectivity index (χ0) is 28.6. The van der Waals surface area contributed by atoms with E-state index in [0.717, 1.165) is 16.5 Å². The second-order valence-electron chi connectivity index (χ2n) is 9.82. The van der Waals surface area contributed by atoms with E-state index in [0.29, 0.717) is 6.42 Å². The van der Waals surface area contributed by atoms with Crippen LogP contribution in [-0.2, 0) is 25.6 Å². The number of carboxylic acid groups (broad SMARTS) is 1. The molecule has 0 fully saturated rings. The third-order valence-electron chi connectivity index (χ3n) is 6.08. The quantitative estimate of drug-likeness (QED) is 0.138. The first-order valence-electron chi connectivity index (χ1n) is 12.3. The van der Waals surface area contributed by atoms with Crippen molar-refractivity contribution in [3.05, 3.63) is 36.0 Å². The van der Waals surface area contributed by atoms with Crippen molar-refractivity contribution in [2.45, 2.75) is 75.1 Å². The molecule has 0 aliphatic carbocycles. The molecule has 0 saturated carbocycles. The van der Waals surface area contributed by atoms with Crippen molar-refractivity contribution in [2.24, 2.45) is 11.5 Å². The molecule has 1 aromatic heterocycles. The first-order chi connectivity index (χ1) is 17.8. The van der Waals surface area contributed by atoms with Crippen LogP contribution in [0.2, 0.25) is 0 Å². The number of aliphatic hydroxyl groups excluding tert-OH is 1. The Hall–Kier alpha value is -3.13. The van der Waals surface area contributed by atoms with Gasteiger partial charge in [-0.15, -0.1) is 0 Å². The molecule has 2 rings (SSSR count). The van der Waals surface area contributed by atoms with E-state index < -0.39 is 58.7 Å². The van der Waals surface area contributed by atoms with Gasteiger partial charge in [0.2, 0.25) is 17.7 Å². The zero-order valence-corrected chi connectivity index (χ0v) is 22.6. The Morgan fingerprint density at radius 3 is 2.32 bits per heavy atom. The number of aliphatic carboxylic acids is 1. The van der Waals surface area contributed by atoms with Gasteiger partial charge in [0.25, 0.3) is 0 Å². The van der Waals surface area contributed by atoms with Gasteiger partial charge in [0, 0.05) is 21.8 Å². The van der Waals surface area contributed by atoms with Gasteiger partial charge in [0.05, 0.1) is 12.1 Å². The molecule has 0 unspecified atom stereocenters. The summed E-state index contributed by atoms with van der Waals surface area (Å²) in [4.78, 5) is 53.6. The molecule has 0 saturated heterocycles. The van der Waals surface area contributed by atoms with Crippen molar-refractivity contribution in [2.75, 3.05) is 6.54 Å². The van der Waals surface area contributed by atoms with E-state index in [2.05, 4.69) is 33.6 Å². The molecule has 12 nitrogen and oxygen atoms in total. The highest BCUT2D eigenvalue weighted by Crippen LogP contribution is 2.19. The Morgan fingerprint density at radius 2 is 1.74 bits per heavy atom. The molecule has 0 radical (unpaired) electrons. The summed E-state index contributed by atoms with van der Waals surface area (Å²) in [6.07, 6.45) is 1.17. The summed E-state index contributed by atoms with van der Waals surface area (Å²) in [5.41, 5.74) is 13.5. The zero-order valence-electron chi connectivity index (χ0n) is 21.7. The number of para-hydroxylation sites is 1. The number of rotatable bonds is 14. The lowest BCUT2D eigenvalue weighted by Crippen LogP contribution is -2.61. The Labute approximate surface area is 226 Å². The van der Waals surface area contributed by atoms with Gasteiger partial charge in [-0.3, -0.25) is 14.4 Å². The largest absolute Gasteiger partial charge is 0.480 e. The monoisotopic (exact) mass is 550 g/mol. The number of thiol groups is 1. The van der Waals surface area contributed by atoms with Gasteiger partial charge in [-0.25, -0.2) is 4.79 Å². The number of amides is 3. The Kier molecular flexibility index (Phi) is 11.1. The summed E-state index contributed by atoms with van der Waals surface area (Å²) >= 11 is 4.21. The van der Waals surface area contributed by atoms with Gasteiger partial charge in [0.1, 0.15) is 18.1 Å². The minimum Gasteiger partial charge on any atom is -0.480 e. The molecular weight excluding hydrogens is 512 g/mol. The van der Waals surface area contributed by atoms with Crippen LogP contribution in [0.15, 0.2) is 30.5 Å². The number of hydrogen-bond acceptors (Lipinski definition) is 8. The molecule has 38 heavy (non-hydrogen) atoms. The summed E-state index contributed by atoms with van der Waals surface area (Å²) in [5, 5.41) is 27.9. The van der Waals surface area contributed by atoms with Crippen LogP contribution in [0.3, 0.4) is 0 Å². The highest BCUT2D eigenvalue weighted by Gasteiger charge is 2.37. The van der Waals surface area contributed by atoms with Crippen LogP contribution in [0.5, 0.6) is 0 Å². The molecule has 3 amide bonds. The number of hydrogen-bond donors (Lipinski definition) is 9. The van der Waals surface area contributed by atoms with E-state index in [1.54, 1.807) is 6.20 Å². The Bertz CT molecular complexity index is 1130. The number of carbonyl (C=O) groups excluding carboxylic acids is 3. The fourth-order valence-corrected chi connectivity index (χ4v) is 4.11. The summed E-state index contributed by atoms with van der Waals surface area (Å²) in [7, 11) is 0. The van der Waals surface area contributed by atoms with E-state index in [9.17, 15) is 29.4 Å². The fraction of sp³-hybridized carbons (Fsp3) is 0.520. The Balaban J connectivity index is 2.12. The van der Waals surface area contributed by atoms with Gasteiger partial charge in [-0.05, 0) is 58.2 Å². The predicted molar refractivity (Wildman–Crippen MR) is 146 cm³/mol. The van der Waals surface area contributed by atoms with Crippen LogP contribution >= 0.6 is 12.6 Å².